The van der Waals surface area contributed by atoms with Gasteiger partial charge in [0, 0.05) is 45.3 Å². The van der Waals surface area contributed by atoms with E-state index in [0.717, 1.165) is 25.7 Å². The number of nitrogens with one attached hydrogen (secondary N) is 1. The number of imide groups is 1. The van der Waals surface area contributed by atoms with Crippen molar-refractivity contribution in [3.8, 4) is 0 Å². The molecule has 3 heterocycles. The standard InChI is InChI=1S/C21H29N5O4/c1-24-13-14(12-22-24)19(28)23-15-6-9-25(10-7-15)18(27)8-11-26-20(29)16-4-2-3-5-17(16)21(26)30/h12-13,15-17H,2-11H2,1H3,(H,23,28)/t16-,17-/m1/s1. The second-order valence-electron chi connectivity index (χ2n) is 8.61. The fraction of sp³-hybridized carbons (Fsp3) is 0.667. The Bertz CT molecular complexity index is 818. The summed E-state index contributed by atoms with van der Waals surface area (Å²) < 4.78 is 1.58. The summed E-state index contributed by atoms with van der Waals surface area (Å²) in [4.78, 5) is 53.0. The van der Waals surface area contributed by atoms with Gasteiger partial charge in [-0.25, -0.2) is 0 Å². The Morgan fingerprint density at radius 2 is 1.70 bits per heavy atom. The normalized spacial score (nSPS) is 24.8. The molecule has 1 saturated carbocycles. The van der Waals surface area contributed by atoms with Crippen molar-refractivity contribution in [3.05, 3.63) is 18.0 Å². The number of hydrogen-bond donors (Lipinski definition) is 1. The molecule has 3 fully saturated rings. The van der Waals surface area contributed by atoms with E-state index in [9.17, 15) is 19.2 Å². The molecule has 9 nitrogen and oxygen atoms in total. The molecule has 4 rings (SSSR count). The van der Waals surface area contributed by atoms with E-state index in [0.29, 0.717) is 31.5 Å². The Hall–Kier alpha value is -2.71. The number of amides is 4. The summed E-state index contributed by atoms with van der Waals surface area (Å²) in [6, 6.07) is 0.0200. The van der Waals surface area contributed by atoms with Crippen molar-refractivity contribution < 1.29 is 19.2 Å². The average Bonchev–Trinajstić information content (AvgIpc) is 3.29. The molecular formula is C21H29N5O4. The monoisotopic (exact) mass is 415 g/mol. The molecule has 1 aliphatic carbocycles. The number of likely N-dealkylation sites (tertiary alicyclic amines) is 2. The Labute approximate surface area is 175 Å². The predicted molar refractivity (Wildman–Crippen MR) is 107 cm³/mol. The number of carbonyl (C=O) groups excluding carboxylic acids is 4. The SMILES string of the molecule is Cn1cc(C(=O)NC2CCN(C(=O)CCN3C(=O)[C@@H]4CCCC[C@H]4C3=O)CC2)cn1. The van der Waals surface area contributed by atoms with Crippen LogP contribution >= 0.6 is 0 Å². The Morgan fingerprint density at radius 1 is 1.07 bits per heavy atom. The van der Waals surface area contributed by atoms with Crippen molar-refractivity contribution in [2.75, 3.05) is 19.6 Å². The zero-order valence-corrected chi connectivity index (χ0v) is 17.4. The summed E-state index contributed by atoms with van der Waals surface area (Å²) in [7, 11) is 1.76. The summed E-state index contributed by atoms with van der Waals surface area (Å²) in [5.41, 5.74) is 0.525. The van der Waals surface area contributed by atoms with E-state index in [1.165, 1.54) is 11.1 Å². The fourth-order valence-corrected chi connectivity index (χ4v) is 4.90. The first-order valence-corrected chi connectivity index (χ1v) is 10.9. The number of piperidine rings is 1. The number of aryl methyl sites for hydroxylation is 1. The van der Waals surface area contributed by atoms with E-state index in [-0.39, 0.29) is 54.5 Å². The molecule has 0 aromatic carbocycles. The third-order valence-corrected chi connectivity index (χ3v) is 6.63. The summed E-state index contributed by atoms with van der Waals surface area (Å²) >= 11 is 0. The summed E-state index contributed by atoms with van der Waals surface area (Å²) in [6.07, 6.45) is 8.32. The molecule has 0 radical (unpaired) electrons. The maximum atomic E-state index is 12.6. The van der Waals surface area contributed by atoms with Crippen LogP contribution in [0.2, 0.25) is 0 Å². The number of fused-ring (bicyclic) bond motifs is 1. The van der Waals surface area contributed by atoms with Gasteiger partial charge in [-0.3, -0.25) is 28.8 Å². The first-order valence-electron chi connectivity index (χ1n) is 10.9. The molecule has 30 heavy (non-hydrogen) atoms. The topological polar surface area (TPSA) is 105 Å². The zero-order valence-electron chi connectivity index (χ0n) is 17.4. The van der Waals surface area contributed by atoms with Gasteiger partial charge in [-0.15, -0.1) is 0 Å². The van der Waals surface area contributed by atoms with Crippen molar-refractivity contribution in [1.82, 2.24) is 24.9 Å². The summed E-state index contributed by atoms with van der Waals surface area (Å²) in [5.74, 6) is -0.701. The van der Waals surface area contributed by atoms with Gasteiger partial charge in [0.15, 0.2) is 0 Å². The molecule has 1 aromatic heterocycles. The van der Waals surface area contributed by atoms with Crippen molar-refractivity contribution in [1.29, 1.82) is 0 Å². The second kappa shape index (κ2) is 8.57. The molecule has 2 atom stereocenters. The van der Waals surface area contributed by atoms with Crippen LogP contribution in [0.25, 0.3) is 0 Å². The lowest BCUT2D eigenvalue weighted by molar-refractivity contribution is -0.141. The Morgan fingerprint density at radius 3 is 2.27 bits per heavy atom. The minimum atomic E-state index is -0.166. The molecule has 1 aromatic rings. The van der Waals surface area contributed by atoms with Crippen LogP contribution in [0.4, 0.5) is 0 Å². The van der Waals surface area contributed by atoms with Crippen LogP contribution in [-0.2, 0) is 21.4 Å². The van der Waals surface area contributed by atoms with Crippen molar-refractivity contribution in [2.24, 2.45) is 18.9 Å². The molecule has 0 unspecified atom stereocenters. The van der Waals surface area contributed by atoms with Crippen LogP contribution in [0.1, 0.15) is 55.3 Å². The van der Waals surface area contributed by atoms with Crippen molar-refractivity contribution >= 4 is 23.6 Å². The molecule has 2 aliphatic heterocycles. The van der Waals surface area contributed by atoms with Crippen LogP contribution in [0, 0.1) is 11.8 Å². The molecule has 0 bridgehead atoms. The quantitative estimate of drug-likeness (QED) is 0.713. The van der Waals surface area contributed by atoms with Crippen LogP contribution in [-0.4, -0.2) is 68.9 Å². The third-order valence-electron chi connectivity index (χ3n) is 6.63. The van der Waals surface area contributed by atoms with Gasteiger partial charge in [0.25, 0.3) is 5.91 Å². The van der Waals surface area contributed by atoms with Crippen molar-refractivity contribution in [3.63, 3.8) is 0 Å². The first-order chi connectivity index (χ1) is 14.4. The molecule has 4 amide bonds. The van der Waals surface area contributed by atoms with Crippen LogP contribution in [0.15, 0.2) is 12.4 Å². The number of rotatable bonds is 5. The van der Waals surface area contributed by atoms with Gasteiger partial charge in [-0.1, -0.05) is 12.8 Å². The Balaban J connectivity index is 1.22. The van der Waals surface area contributed by atoms with Gasteiger partial charge in [0.2, 0.25) is 17.7 Å². The van der Waals surface area contributed by atoms with E-state index >= 15 is 0 Å². The first kappa shape index (κ1) is 20.6. The van der Waals surface area contributed by atoms with E-state index in [4.69, 9.17) is 0 Å². The summed E-state index contributed by atoms with van der Waals surface area (Å²) in [6.45, 7) is 1.30. The van der Waals surface area contributed by atoms with Crippen molar-refractivity contribution in [2.45, 2.75) is 51.0 Å². The van der Waals surface area contributed by atoms with Gasteiger partial charge in [-0.2, -0.15) is 5.10 Å². The number of hydrogen-bond acceptors (Lipinski definition) is 5. The molecule has 3 aliphatic rings. The molecule has 162 valence electrons. The zero-order chi connectivity index (χ0) is 21.3. The lowest BCUT2D eigenvalue weighted by Gasteiger charge is -2.32. The molecule has 2 saturated heterocycles. The third kappa shape index (κ3) is 4.11. The lowest BCUT2D eigenvalue weighted by Crippen LogP contribution is -2.47. The highest BCUT2D eigenvalue weighted by atomic mass is 16.2. The van der Waals surface area contributed by atoms with E-state index < -0.39 is 0 Å². The highest BCUT2D eigenvalue weighted by molar-refractivity contribution is 6.05. The Kier molecular flexibility index (Phi) is 5.87. The fourth-order valence-electron chi connectivity index (χ4n) is 4.90. The molecule has 0 spiro atoms. The number of carbonyl (C=O) groups is 4. The minimum Gasteiger partial charge on any atom is -0.349 e. The van der Waals surface area contributed by atoms with Gasteiger partial charge in [0.1, 0.15) is 0 Å². The van der Waals surface area contributed by atoms with E-state index in [1.54, 1.807) is 22.8 Å². The van der Waals surface area contributed by atoms with Crippen LogP contribution in [0.5, 0.6) is 0 Å². The smallest absolute Gasteiger partial charge is 0.254 e. The molecular weight excluding hydrogens is 386 g/mol. The largest absolute Gasteiger partial charge is 0.349 e. The number of aromatic nitrogens is 2. The number of nitrogens with zero attached hydrogens (tertiary/aromatic N) is 4. The molecule has 1 N–H and O–H groups in total. The van der Waals surface area contributed by atoms with E-state index in [2.05, 4.69) is 10.4 Å². The second-order valence-corrected chi connectivity index (χ2v) is 8.61. The molecule has 9 heteroatoms. The average molecular weight is 415 g/mol. The van der Waals surface area contributed by atoms with Gasteiger partial charge >= 0.3 is 0 Å². The summed E-state index contributed by atoms with van der Waals surface area (Å²) in [5, 5.41) is 7.00. The van der Waals surface area contributed by atoms with Crippen LogP contribution < -0.4 is 5.32 Å². The minimum absolute atomic E-state index is 0.0200. The van der Waals surface area contributed by atoms with Gasteiger partial charge in [-0.05, 0) is 25.7 Å². The maximum absolute atomic E-state index is 12.6. The van der Waals surface area contributed by atoms with Gasteiger partial charge in [0.05, 0.1) is 23.6 Å². The predicted octanol–water partition coefficient (Wildman–Crippen LogP) is 0.706. The highest BCUT2D eigenvalue weighted by Gasteiger charge is 2.47. The maximum Gasteiger partial charge on any atom is 0.254 e. The van der Waals surface area contributed by atoms with Crippen LogP contribution in [0.3, 0.4) is 0 Å². The lowest BCUT2D eigenvalue weighted by atomic mass is 9.81. The highest BCUT2D eigenvalue weighted by Crippen LogP contribution is 2.38. The van der Waals surface area contributed by atoms with E-state index in [1.807, 2.05) is 0 Å². The van der Waals surface area contributed by atoms with Gasteiger partial charge < -0.3 is 10.2 Å².